The minimum Gasteiger partial charge on any atom is -0.363 e. The molecule has 0 spiro atoms. The fourth-order valence-corrected chi connectivity index (χ4v) is 0.566. The van der Waals surface area contributed by atoms with Crippen molar-refractivity contribution in [3.63, 3.8) is 0 Å². The number of rotatable bonds is 0. The summed E-state index contributed by atoms with van der Waals surface area (Å²) in [6.07, 6.45) is 0. The summed E-state index contributed by atoms with van der Waals surface area (Å²) >= 11 is 1.25. The van der Waals surface area contributed by atoms with Crippen LogP contribution in [0.1, 0.15) is 5.69 Å². The van der Waals surface area contributed by atoms with Crippen LogP contribution in [0.5, 0.6) is 0 Å². The maximum atomic E-state index is 3.63. The van der Waals surface area contributed by atoms with E-state index in [1.807, 2.05) is 6.92 Å². The van der Waals surface area contributed by atoms with Gasteiger partial charge in [0, 0.05) is 0 Å². The normalized spacial score (nSPS) is 7.57. The minimum absolute atomic E-state index is 0. The monoisotopic (exact) mass is 188 g/mol. The zero-order valence-corrected chi connectivity index (χ0v) is 7.53. The first kappa shape index (κ1) is 7.66. The number of aromatic nitrogens is 2. The van der Waals surface area contributed by atoms with Gasteiger partial charge >= 0.3 is 32.7 Å². The van der Waals surface area contributed by atoms with Crippen molar-refractivity contribution in [3.05, 3.63) is 11.1 Å². The Labute approximate surface area is 71.4 Å². The van der Waals surface area contributed by atoms with E-state index in [0.717, 1.165) is 5.69 Å². The van der Waals surface area contributed by atoms with Crippen LogP contribution in [0.2, 0.25) is 0 Å². The molecule has 0 aliphatic heterocycles. The Morgan fingerprint density at radius 3 is 2.57 bits per heavy atom. The van der Waals surface area contributed by atoms with Crippen molar-refractivity contribution in [1.29, 1.82) is 0 Å². The molecule has 0 saturated carbocycles. The van der Waals surface area contributed by atoms with E-state index in [-0.39, 0.29) is 32.7 Å². The molecule has 0 aliphatic rings. The second kappa shape index (κ2) is 3.64. The standard InChI is InChI=1S/C3H3N2S.Y/c1-3-2-6-5-4-3;/h1H3;/q-1;+3. The molecule has 1 rings (SSSR count). The first-order valence-electron chi connectivity index (χ1n) is 1.56. The SMILES string of the molecule is Cc1[c-]snn1.[Y+3]. The molecule has 0 atom stereocenters. The molecule has 0 fully saturated rings. The Bertz CT molecular complexity index is 116. The van der Waals surface area contributed by atoms with Gasteiger partial charge in [0.1, 0.15) is 0 Å². The van der Waals surface area contributed by atoms with Gasteiger partial charge in [0.2, 0.25) is 0 Å². The molecule has 0 aliphatic carbocycles. The van der Waals surface area contributed by atoms with E-state index < -0.39 is 0 Å². The van der Waals surface area contributed by atoms with E-state index in [1.165, 1.54) is 11.5 Å². The van der Waals surface area contributed by atoms with Crippen LogP contribution in [0, 0.1) is 12.3 Å². The predicted octanol–water partition coefficient (Wildman–Crippen LogP) is 0.644. The predicted molar refractivity (Wildman–Crippen MR) is 23.5 cm³/mol. The second-order valence-corrected chi connectivity index (χ2v) is 1.51. The summed E-state index contributed by atoms with van der Waals surface area (Å²) in [6, 6.07) is 0. The van der Waals surface area contributed by atoms with Crippen LogP contribution >= 0.6 is 11.5 Å². The molecule has 0 saturated heterocycles. The number of hydrogen-bond acceptors (Lipinski definition) is 3. The third kappa shape index (κ3) is 2.47. The molecule has 2 nitrogen and oxygen atoms in total. The maximum Gasteiger partial charge on any atom is 3.00 e. The molecular weight excluding hydrogens is 185 g/mol. The molecule has 4 heteroatoms. The molecular formula is C3H3N2SY+2. The molecule has 0 unspecified atom stereocenters. The first-order valence-corrected chi connectivity index (χ1v) is 2.33. The zero-order chi connectivity index (χ0) is 4.41. The Hall–Kier alpha value is 0.664. The van der Waals surface area contributed by atoms with Crippen molar-refractivity contribution >= 4 is 11.5 Å². The summed E-state index contributed by atoms with van der Waals surface area (Å²) in [5.41, 5.74) is 0.875. The van der Waals surface area contributed by atoms with E-state index in [2.05, 4.69) is 15.0 Å². The second-order valence-electron chi connectivity index (χ2n) is 0.960. The van der Waals surface area contributed by atoms with Crippen molar-refractivity contribution in [3.8, 4) is 0 Å². The Balaban J connectivity index is 0.000000360. The van der Waals surface area contributed by atoms with Gasteiger partial charge in [-0.25, -0.2) is 11.5 Å². The van der Waals surface area contributed by atoms with Gasteiger partial charge in [0.05, 0.1) is 0 Å². The molecule has 32 valence electrons. The summed E-state index contributed by atoms with van der Waals surface area (Å²) in [5, 5.41) is 6.45. The largest absolute Gasteiger partial charge is 3.00 e. The van der Waals surface area contributed by atoms with Crippen molar-refractivity contribution in [1.82, 2.24) is 9.59 Å². The van der Waals surface area contributed by atoms with Crippen molar-refractivity contribution in [2.24, 2.45) is 0 Å². The van der Waals surface area contributed by atoms with Crippen LogP contribution < -0.4 is 0 Å². The average Bonchev–Trinajstić information content (AvgIpc) is 1.86. The molecule has 0 radical (unpaired) electrons. The molecule has 1 aromatic heterocycles. The van der Waals surface area contributed by atoms with Gasteiger partial charge in [-0.15, -0.1) is 10.2 Å². The van der Waals surface area contributed by atoms with Crippen LogP contribution in [0.25, 0.3) is 0 Å². The van der Waals surface area contributed by atoms with Crippen LogP contribution in [-0.2, 0) is 32.7 Å². The van der Waals surface area contributed by atoms with Crippen molar-refractivity contribution < 1.29 is 32.7 Å². The Morgan fingerprint density at radius 2 is 2.43 bits per heavy atom. The zero-order valence-electron chi connectivity index (χ0n) is 3.88. The molecule has 0 bridgehead atoms. The van der Waals surface area contributed by atoms with Crippen molar-refractivity contribution in [2.75, 3.05) is 0 Å². The number of hydrogen-bond donors (Lipinski definition) is 0. The number of aryl methyl sites for hydroxylation is 1. The van der Waals surface area contributed by atoms with Gasteiger partial charge in [0.15, 0.2) is 0 Å². The Kier molecular flexibility index (Phi) is 3.98. The van der Waals surface area contributed by atoms with Crippen LogP contribution in [0.4, 0.5) is 0 Å². The van der Waals surface area contributed by atoms with Gasteiger partial charge < -0.3 is 5.38 Å². The van der Waals surface area contributed by atoms with Crippen LogP contribution in [0.15, 0.2) is 0 Å². The minimum atomic E-state index is 0. The topological polar surface area (TPSA) is 25.8 Å². The summed E-state index contributed by atoms with van der Waals surface area (Å²) in [7, 11) is 0. The molecule has 0 aromatic carbocycles. The van der Waals surface area contributed by atoms with Gasteiger partial charge in [-0.3, -0.25) is 0 Å². The maximum absolute atomic E-state index is 3.63. The van der Waals surface area contributed by atoms with Crippen molar-refractivity contribution in [2.45, 2.75) is 6.92 Å². The third-order valence-electron chi connectivity index (χ3n) is 0.425. The van der Waals surface area contributed by atoms with E-state index in [0.29, 0.717) is 0 Å². The van der Waals surface area contributed by atoms with Gasteiger partial charge in [-0.1, -0.05) is 6.92 Å². The quantitative estimate of drug-likeness (QED) is 0.558. The third-order valence-corrected chi connectivity index (χ3v) is 0.975. The molecule has 0 N–H and O–H groups in total. The fraction of sp³-hybridized carbons (Fsp3) is 0.333. The van der Waals surface area contributed by atoms with Crippen LogP contribution in [-0.4, -0.2) is 9.59 Å². The van der Waals surface area contributed by atoms with Crippen LogP contribution in [0.3, 0.4) is 0 Å². The summed E-state index contributed by atoms with van der Waals surface area (Å²) < 4.78 is 3.56. The van der Waals surface area contributed by atoms with Gasteiger partial charge in [-0.05, 0) is 0 Å². The summed E-state index contributed by atoms with van der Waals surface area (Å²) in [4.78, 5) is 0. The number of nitrogens with zero attached hydrogens (tertiary/aromatic N) is 2. The molecule has 1 aromatic rings. The Morgan fingerprint density at radius 1 is 1.71 bits per heavy atom. The van der Waals surface area contributed by atoms with E-state index in [4.69, 9.17) is 0 Å². The molecule has 7 heavy (non-hydrogen) atoms. The van der Waals surface area contributed by atoms with E-state index in [1.54, 1.807) is 0 Å². The first-order chi connectivity index (χ1) is 2.89. The fourth-order valence-electron chi connectivity index (χ4n) is 0.189. The van der Waals surface area contributed by atoms with Gasteiger partial charge in [0.25, 0.3) is 0 Å². The molecule has 1 heterocycles. The smallest absolute Gasteiger partial charge is 0.363 e. The van der Waals surface area contributed by atoms with Gasteiger partial charge in [-0.2, -0.15) is 5.10 Å². The average molecular weight is 188 g/mol. The summed E-state index contributed by atoms with van der Waals surface area (Å²) in [5.74, 6) is 0. The van der Waals surface area contributed by atoms with E-state index >= 15 is 0 Å². The van der Waals surface area contributed by atoms with E-state index in [9.17, 15) is 0 Å². The molecule has 0 amide bonds. The summed E-state index contributed by atoms with van der Waals surface area (Å²) in [6.45, 7) is 1.86.